The molecule has 3 atom stereocenters. The molecule has 0 heterocycles. The summed E-state index contributed by atoms with van der Waals surface area (Å²) in [5.74, 6) is -1.77. The van der Waals surface area contributed by atoms with Crippen LogP contribution < -0.4 is 5.32 Å². The van der Waals surface area contributed by atoms with Gasteiger partial charge in [-0.05, 0) is 66.9 Å². The highest BCUT2D eigenvalue weighted by atomic mass is 16.5. The number of hydrogen-bond acceptors (Lipinski definition) is 7. The van der Waals surface area contributed by atoms with E-state index in [1.54, 1.807) is 0 Å². The molecule has 1 amide bonds. The maximum absolute atomic E-state index is 12.8. The molecule has 3 unspecified atom stereocenters. The number of unbranched alkanes of at least 4 members (excludes halogenated alkanes) is 2. The molecule has 8 nitrogen and oxygen atoms in total. The van der Waals surface area contributed by atoms with Gasteiger partial charge < -0.3 is 14.8 Å². The van der Waals surface area contributed by atoms with Gasteiger partial charge in [0.15, 0.2) is 0 Å². The number of rotatable bonds is 16. The highest BCUT2D eigenvalue weighted by molar-refractivity contribution is 5.97. The van der Waals surface area contributed by atoms with Crippen molar-refractivity contribution in [2.75, 3.05) is 13.7 Å². The second-order valence-electron chi connectivity index (χ2n) is 13.1. The van der Waals surface area contributed by atoms with Gasteiger partial charge in [0, 0.05) is 43.6 Å². The minimum absolute atomic E-state index is 0.0389. The van der Waals surface area contributed by atoms with Gasteiger partial charge in [0.1, 0.15) is 30.7 Å². The summed E-state index contributed by atoms with van der Waals surface area (Å²) in [6.07, 6.45) is 9.45. The first-order chi connectivity index (χ1) is 22.6. The normalized spacial score (nSPS) is 20.1. The van der Waals surface area contributed by atoms with Crippen molar-refractivity contribution < 1.29 is 33.4 Å². The standard InChI is InChI=1S/C39H49NO7/c1-4-35(42)39(2)22-12-15-29(16-13-23-39)47-36(43)21-7-5-6-14-27(38(45)40-3)24-28(41)25-37(44)46-26-34-32-19-10-8-17-30(32)31-18-9-11-20-33(31)34/h8-12,15,17-20,27,29,34H,4-7,13-14,16,21-26H2,1-3H3,(H,40,45)/b15-12+. The molecule has 2 aromatic rings. The first-order valence-electron chi connectivity index (χ1n) is 17.1. The van der Waals surface area contributed by atoms with Crippen LogP contribution in [0.2, 0.25) is 0 Å². The lowest BCUT2D eigenvalue weighted by Gasteiger charge is -2.29. The fourth-order valence-corrected chi connectivity index (χ4v) is 6.92. The van der Waals surface area contributed by atoms with Crippen LogP contribution in [0.4, 0.5) is 0 Å². The van der Waals surface area contributed by atoms with E-state index in [4.69, 9.17) is 9.47 Å². The number of carbonyl (C=O) groups is 5. The molecule has 47 heavy (non-hydrogen) atoms. The Morgan fingerprint density at radius 1 is 0.936 bits per heavy atom. The number of carbonyl (C=O) groups excluding carboxylic acids is 5. The van der Waals surface area contributed by atoms with Gasteiger partial charge in [0.25, 0.3) is 0 Å². The van der Waals surface area contributed by atoms with Crippen LogP contribution in [0.3, 0.4) is 0 Å². The molecule has 0 spiro atoms. The summed E-state index contributed by atoms with van der Waals surface area (Å²) in [5, 5.41) is 2.63. The number of Topliss-reactive ketones (excluding diaryl/α,β-unsaturated/α-hetero) is 2. The van der Waals surface area contributed by atoms with E-state index in [0.29, 0.717) is 44.9 Å². The highest BCUT2D eigenvalue weighted by Gasteiger charge is 2.32. The third kappa shape index (κ3) is 9.72. The fraction of sp³-hybridized carbons (Fsp3) is 0.513. The lowest BCUT2D eigenvalue weighted by atomic mass is 9.75. The van der Waals surface area contributed by atoms with Gasteiger partial charge in [-0.1, -0.05) is 81.3 Å². The van der Waals surface area contributed by atoms with Gasteiger partial charge in [0.2, 0.25) is 5.91 Å². The lowest BCUT2D eigenvalue weighted by Crippen LogP contribution is -2.30. The van der Waals surface area contributed by atoms with Crippen molar-refractivity contribution in [3.05, 3.63) is 71.8 Å². The molecular weight excluding hydrogens is 594 g/mol. The van der Waals surface area contributed by atoms with E-state index in [2.05, 4.69) is 17.4 Å². The molecule has 0 aromatic heterocycles. The zero-order valence-electron chi connectivity index (χ0n) is 28.1. The molecule has 2 aliphatic rings. The second-order valence-corrected chi connectivity index (χ2v) is 13.1. The van der Waals surface area contributed by atoms with Gasteiger partial charge in [-0.3, -0.25) is 24.0 Å². The van der Waals surface area contributed by atoms with E-state index in [1.807, 2.05) is 62.4 Å². The van der Waals surface area contributed by atoms with Crippen molar-refractivity contribution in [2.24, 2.45) is 11.3 Å². The quantitative estimate of drug-likeness (QED) is 0.0904. The Bertz CT molecular complexity index is 1420. The second kappa shape index (κ2) is 17.2. The number of hydrogen-bond donors (Lipinski definition) is 1. The van der Waals surface area contributed by atoms with Crippen LogP contribution in [0.15, 0.2) is 60.7 Å². The number of nitrogens with one attached hydrogen (secondary N) is 1. The van der Waals surface area contributed by atoms with E-state index in [-0.39, 0.29) is 66.7 Å². The smallest absolute Gasteiger partial charge is 0.313 e. The topological polar surface area (TPSA) is 116 Å². The molecule has 1 N–H and O–H groups in total. The average molecular weight is 644 g/mol. The summed E-state index contributed by atoms with van der Waals surface area (Å²) < 4.78 is 11.3. The van der Waals surface area contributed by atoms with Gasteiger partial charge in [-0.2, -0.15) is 0 Å². The van der Waals surface area contributed by atoms with Crippen molar-refractivity contribution in [1.29, 1.82) is 0 Å². The Morgan fingerprint density at radius 3 is 2.28 bits per heavy atom. The number of benzene rings is 2. The molecule has 0 saturated carbocycles. The monoisotopic (exact) mass is 643 g/mol. The largest absolute Gasteiger partial charge is 0.464 e. The van der Waals surface area contributed by atoms with Crippen LogP contribution in [-0.4, -0.2) is 49.2 Å². The first-order valence-corrected chi connectivity index (χ1v) is 17.1. The number of amides is 1. The molecule has 2 aromatic carbocycles. The van der Waals surface area contributed by atoms with E-state index in [9.17, 15) is 24.0 Å². The summed E-state index contributed by atoms with van der Waals surface area (Å²) in [5.41, 5.74) is 4.13. The van der Waals surface area contributed by atoms with E-state index >= 15 is 0 Å². The number of ketones is 2. The molecule has 8 heteroatoms. The number of esters is 2. The predicted octanol–water partition coefficient (Wildman–Crippen LogP) is 7.03. The summed E-state index contributed by atoms with van der Waals surface area (Å²) in [4.78, 5) is 62.8. The SMILES string of the molecule is CCC(=O)C1(C)C/C=C/C(OC(=O)CCCCCC(CC(=O)CC(=O)OCC2c3ccccc3-c3ccccc32)C(=O)NC)CCC1. The maximum Gasteiger partial charge on any atom is 0.313 e. The lowest BCUT2D eigenvalue weighted by molar-refractivity contribution is -0.148. The van der Waals surface area contributed by atoms with Crippen LogP contribution in [0, 0.1) is 11.3 Å². The first kappa shape index (κ1) is 35.8. The van der Waals surface area contributed by atoms with Crippen LogP contribution in [-0.2, 0) is 33.4 Å². The van der Waals surface area contributed by atoms with Gasteiger partial charge in [-0.15, -0.1) is 0 Å². The van der Waals surface area contributed by atoms with Crippen molar-refractivity contribution in [3.8, 4) is 11.1 Å². The summed E-state index contributed by atoms with van der Waals surface area (Å²) >= 11 is 0. The Kier molecular flexibility index (Phi) is 13.1. The van der Waals surface area contributed by atoms with Gasteiger partial charge in [0.05, 0.1) is 0 Å². The molecule has 0 fully saturated rings. The minimum Gasteiger partial charge on any atom is -0.464 e. The van der Waals surface area contributed by atoms with Crippen LogP contribution >= 0.6 is 0 Å². The van der Waals surface area contributed by atoms with Gasteiger partial charge in [-0.25, -0.2) is 0 Å². The predicted molar refractivity (Wildman–Crippen MR) is 180 cm³/mol. The van der Waals surface area contributed by atoms with Gasteiger partial charge >= 0.3 is 11.9 Å². The Hall–Kier alpha value is -4.07. The summed E-state index contributed by atoms with van der Waals surface area (Å²) in [6, 6.07) is 16.1. The average Bonchev–Trinajstić information content (AvgIpc) is 3.38. The molecule has 0 saturated heterocycles. The molecule has 4 rings (SSSR count). The van der Waals surface area contributed by atoms with E-state index < -0.39 is 11.9 Å². The van der Waals surface area contributed by atoms with Crippen LogP contribution in [0.1, 0.15) is 108 Å². The summed E-state index contributed by atoms with van der Waals surface area (Å²) in [7, 11) is 1.54. The molecule has 252 valence electrons. The number of ether oxygens (including phenoxy) is 2. The van der Waals surface area contributed by atoms with E-state index in [1.165, 1.54) is 7.05 Å². The number of fused-ring (bicyclic) bond motifs is 3. The Balaban J connectivity index is 1.16. The van der Waals surface area contributed by atoms with Crippen molar-refractivity contribution in [2.45, 2.75) is 103 Å². The Morgan fingerprint density at radius 2 is 1.62 bits per heavy atom. The number of allylic oxidation sites excluding steroid dienone is 1. The van der Waals surface area contributed by atoms with Crippen molar-refractivity contribution in [1.82, 2.24) is 5.32 Å². The van der Waals surface area contributed by atoms with E-state index in [0.717, 1.165) is 35.1 Å². The highest BCUT2D eigenvalue weighted by Crippen LogP contribution is 2.44. The fourth-order valence-electron chi connectivity index (χ4n) is 6.92. The third-order valence-electron chi connectivity index (χ3n) is 9.65. The molecule has 2 aliphatic carbocycles. The molecular formula is C39H49NO7. The minimum atomic E-state index is -0.589. The molecule has 0 bridgehead atoms. The maximum atomic E-state index is 12.8. The Labute approximate surface area is 278 Å². The van der Waals surface area contributed by atoms with Crippen LogP contribution in [0.5, 0.6) is 0 Å². The molecule has 0 radical (unpaired) electrons. The zero-order chi connectivity index (χ0) is 33.8. The third-order valence-corrected chi connectivity index (χ3v) is 9.65. The van der Waals surface area contributed by atoms with Crippen LogP contribution in [0.25, 0.3) is 11.1 Å². The summed E-state index contributed by atoms with van der Waals surface area (Å²) in [6.45, 7) is 4.07. The zero-order valence-corrected chi connectivity index (χ0v) is 28.1. The van der Waals surface area contributed by atoms with Crippen molar-refractivity contribution in [3.63, 3.8) is 0 Å². The van der Waals surface area contributed by atoms with Crippen molar-refractivity contribution >= 4 is 29.4 Å². The molecule has 0 aliphatic heterocycles.